The van der Waals surface area contributed by atoms with Gasteiger partial charge in [0.1, 0.15) is 5.60 Å². The number of aromatic nitrogens is 1. The third-order valence-corrected chi connectivity index (χ3v) is 1.63. The van der Waals surface area contributed by atoms with Crippen molar-refractivity contribution in [2.24, 2.45) is 0 Å². The number of anilines is 1. The van der Waals surface area contributed by atoms with Crippen LogP contribution in [0.1, 0.15) is 26.5 Å². The summed E-state index contributed by atoms with van der Waals surface area (Å²) in [5.41, 5.74) is 0.0806. The summed E-state index contributed by atoms with van der Waals surface area (Å²) in [4.78, 5) is 15.1. The normalized spacial score (nSPS) is 11.1. The molecule has 0 fully saturated rings. The van der Waals surface area contributed by atoms with Gasteiger partial charge in [-0.15, -0.1) is 0 Å². The number of aryl methyl sites for hydroxylation is 1. The van der Waals surface area contributed by atoms with Crippen LogP contribution < -0.4 is 5.32 Å². The Labute approximate surface area is 93.8 Å². The maximum absolute atomic E-state index is 13.2. The van der Waals surface area contributed by atoms with Crippen molar-refractivity contribution >= 4 is 11.8 Å². The average Bonchev–Trinajstić information content (AvgIpc) is 2.08. The SMILES string of the molecule is Cc1cc(NC(=O)OC(C)(C)C)c(F)cn1. The first-order valence-electron chi connectivity index (χ1n) is 4.90. The molecule has 1 heterocycles. The van der Waals surface area contributed by atoms with Gasteiger partial charge in [0.25, 0.3) is 0 Å². The maximum atomic E-state index is 13.2. The van der Waals surface area contributed by atoms with Crippen LogP contribution in [0.4, 0.5) is 14.9 Å². The number of halogens is 1. The van der Waals surface area contributed by atoms with Gasteiger partial charge in [-0.1, -0.05) is 0 Å². The third-order valence-electron chi connectivity index (χ3n) is 1.63. The molecule has 0 aliphatic heterocycles. The molecule has 0 atom stereocenters. The molecule has 16 heavy (non-hydrogen) atoms. The summed E-state index contributed by atoms with van der Waals surface area (Å²) in [6, 6.07) is 1.44. The van der Waals surface area contributed by atoms with Crippen molar-refractivity contribution in [1.82, 2.24) is 4.98 Å². The minimum absolute atomic E-state index is 0.0711. The van der Waals surface area contributed by atoms with E-state index in [4.69, 9.17) is 4.74 Å². The molecule has 0 aliphatic rings. The molecule has 5 heteroatoms. The van der Waals surface area contributed by atoms with E-state index in [0.717, 1.165) is 6.20 Å². The predicted molar refractivity (Wildman–Crippen MR) is 58.8 cm³/mol. The Balaban J connectivity index is 2.73. The molecule has 0 spiro atoms. The number of nitrogens with one attached hydrogen (secondary N) is 1. The van der Waals surface area contributed by atoms with Crippen LogP contribution >= 0.6 is 0 Å². The van der Waals surface area contributed by atoms with Gasteiger partial charge in [0.2, 0.25) is 0 Å². The van der Waals surface area contributed by atoms with Crippen LogP contribution in [-0.2, 0) is 4.74 Å². The van der Waals surface area contributed by atoms with Gasteiger partial charge >= 0.3 is 6.09 Å². The van der Waals surface area contributed by atoms with Crippen LogP contribution in [0, 0.1) is 12.7 Å². The number of amides is 1. The number of nitrogens with zero attached hydrogens (tertiary/aromatic N) is 1. The minimum Gasteiger partial charge on any atom is -0.444 e. The Morgan fingerprint density at radius 3 is 2.69 bits per heavy atom. The first kappa shape index (κ1) is 12.4. The highest BCUT2D eigenvalue weighted by Gasteiger charge is 2.17. The van der Waals surface area contributed by atoms with Crippen LogP contribution in [0.2, 0.25) is 0 Å². The van der Waals surface area contributed by atoms with Crippen LogP contribution in [-0.4, -0.2) is 16.7 Å². The van der Waals surface area contributed by atoms with E-state index in [1.165, 1.54) is 6.07 Å². The Morgan fingerprint density at radius 1 is 1.50 bits per heavy atom. The van der Waals surface area contributed by atoms with Gasteiger partial charge in [0, 0.05) is 5.69 Å². The standard InChI is InChI=1S/C11H15FN2O2/c1-7-5-9(8(12)6-13-7)14-10(15)16-11(2,3)4/h5-6H,1-4H3,(H,13,14,15). The van der Waals surface area contributed by atoms with Crippen molar-refractivity contribution < 1.29 is 13.9 Å². The molecule has 0 aromatic carbocycles. The Morgan fingerprint density at radius 2 is 2.12 bits per heavy atom. The van der Waals surface area contributed by atoms with E-state index in [1.807, 2.05) is 0 Å². The van der Waals surface area contributed by atoms with E-state index in [9.17, 15) is 9.18 Å². The summed E-state index contributed by atoms with van der Waals surface area (Å²) >= 11 is 0. The molecule has 1 rings (SSSR count). The van der Waals surface area contributed by atoms with Crippen LogP contribution in [0.25, 0.3) is 0 Å². The molecule has 1 aromatic rings. The lowest BCUT2D eigenvalue weighted by Gasteiger charge is -2.19. The van der Waals surface area contributed by atoms with E-state index in [2.05, 4.69) is 10.3 Å². The molecule has 88 valence electrons. The second kappa shape index (κ2) is 4.47. The van der Waals surface area contributed by atoms with Crippen molar-refractivity contribution in [2.45, 2.75) is 33.3 Å². The maximum Gasteiger partial charge on any atom is 0.412 e. The molecule has 0 unspecified atom stereocenters. The largest absolute Gasteiger partial charge is 0.444 e. The molecule has 0 saturated heterocycles. The second-order valence-corrected chi connectivity index (χ2v) is 4.43. The van der Waals surface area contributed by atoms with Gasteiger partial charge in [0.15, 0.2) is 5.82 Å². The van der Waals surface area contributed by atoms with Gasteiger partial charge < -0.3 is 4.74 Å². The number of hydrogen-bond acceptors (Lipinski definition) is 3. The van der Waals surface area contributed by atoms with Crippen molar-refractivity contribution in [1.29, 1.82) is 0 Å². The zero-order valence-electron chi connectivity index (χ0n) is 9.80. The van der Waals surface area contributed by atoms with Crippen molar-refractivity contribution in [2.75, 3.05) is 5.32 Å². The van der Waals surface area contributed by atoms with Gasteiger partial charge in [-0.2, -0.15) is 0 Å². The van der Waals surface area contributed by atoms with Crippen LogP contribution in [0.15, 0.2) is 12.3 Å². The first-order valence-corrected chi connectivity index (χ1v) is 4.90. The second-order valence-electron chi connectivity index (χ2n) is 4.43. The van der Waals surface area contributed by atoms with E-state index in [0.29, 0.717) is 5.69 Å². The summed E-state index contributed by atoms with van der Waals surface area (Å²) in [6.45, 7) is 6.92. The Hall–Kier alpha value is -1.65. The van der Waals surface area contributed by atoms with Gasteiger partial charge in [-0.25, -0.2) is 9.18 Å². The number of carbonyl (C=O) groups excluding carboxylic acids is 1. The van der Waals surface area contributed by atoms with Crippen molar-refractivity contribution in [3.05, 3.63) is 23.8 Å². The highest BCUT2D eigenvalue weighted by atomic mass is 19.1. The number of rotatable bonds is 1. The van der Waals surface area contributed by atoms with Crippen molar-refractivity contribution in [3.63, 3.8) is 0 Å². The lowest BCUT2D eigenvalue weighted by molar-refractivity contribution is 0.0635. The fourth-order valence-corrected chi connectivity index (χ4v) is 1.05. The third kappa shape index (κ3) is 3.84. The summed E-state index contributed by atoms with van der Waals surface area (Å²) in [6.07, 6.45) is 0.374. The van der Waals surface area contributed by atoms with Gasteiger partial charge in [0.05, 0.1) is 11.9 Å². The first-order chi connectivity index (χ1) is 7.28. The minimum atomic E-state index is -0.683. The van der Waals surface area contributed by atoms with E-state index in [1.54, 1.807) is 27.7 Å². The topological polar surface area (TPSA) is 51.2 Å². The molecular weight excluding hydrogens is 211 g/mol. The van der Waals surface area contributed by atoms with E-state index >= 15 is 0 Å². The molecule has 1 amide bonds. The number of carbonyl (C=O) groups is 1. The van der Waals surface area contributed by atoms with Crippen LogP contribution in [0.5, 0.6) is 0 Å². The molecule has 0 aliphatic carbocycles. The van der Waals surface area contributed by atoms with Gasteiger partial charge in [-0.05, 0) is 33.8 Å². The smallest absolute Gasteiger partial charge is 0.412 e. The summed E-state index contributed by atoms with van der Waals surface area (Å²) in [5, 5.41) is 2.33. The molecular formula is C11H15FN2O2. The summed E-state index contributed by atoms with van der Waals surface area (Å²) in [7, 11) is 0. The fraction of sp³-hybridized carbons (Fsp3) is 0.455. The number of hydrogen-bond donors (Lipinski definition) is 1. The van der Waals surface area contributed by atoms with Crippen molar-refractivity contribution in [3.8, 4) is 0 Å². The molecule has 0 saturated carbocycles. The lowest BCUT2D eigenvalue weighted by Crippen LogP contribution is -2.27. The quantitative estimate of drug-likeness (QED) is 0.801. The highest BCUT2D eigenvalue weighted by Crippen LogP contribution is 2.15. The fourth-order valence-electron chi connectivity index (χ4n) is 1.05. The summed E-state index contributed by atoms with van der Waals surface area (Å²) < 4.78 is 18.2. The number of ether oxygens (including phenoxy) is 1. The monoisotopic (exact) mass is 226 g/mol. The lowest BCUT2D eigenvalue weighted by atomic mass is 10.2. The Bertz CT molecular complexity index is 399. The predicted octanol–water partition coefficient (Wildman–Crippen LogP) is 2.88. The van der Waals surface area contributed by atoms with Gasteiger partial charge in [-0.3, -0.25) is 10.3 Å². The van der Waals surface area contributed by atoms with E-state index in [-0.39, 0.29) is 5.69 Å². The molecule has 1 aromatic heterocycles. The molecule has 4 nitrogen and oxygen atoms in total. The van der Waals surface area contributed by atoms with E-state index < -0.39 is 17.5 Å². The molecule has 0 radical (unpaired) electrons. The van der Waals surface area contributed by atoms with Crippen LogP contribution in [0.3, 0.4) is 0 Å². The zero-order chi connectivity index (χ0) is 12.3. The zero-order valence-corrected chi connectivity index (χ0v) is 9.80. The average molecular weight is 226 g/mol. The summed E-state index contributed by atoms with van der Waals surface area (Å²) in [5.74, 6) is -0.587. The number of pyridine rings is 1. The molecule has 1 N–H and O–H groups in total. The molecule has 0 bridgehead atoms. The Kier molecular flexibility index (Phi) is 3.47. The highest BCUT2D eigenvalue weighted by molar-refractivity contribution is 5.84.